The first-order valence-corrected chi connectivity index (χ1v) is 12.0. The van der Waals surface area contributed by atoms with E-state index in [-0.39, 0.29) is 25.7 Å². The summed E-state index contributed by atoms with van der Waals surface area (Å²) in [6, 6.07) is 15.2. The molecule has 0 aliphatic heterocycles. The summed E-state index contributed by atoms with van der Waals surface area (Å²) in [5, 5.41) is 9.77. The van der Waals surface area contributed by atoms with Crippen molar-refractivity contribution in [1.29, 1.82) is 0 Å². The van der Waals surface area contributed by atoms with Gasteiger partial charge in [-0.25, -0.2) is 9.59 Å². The predicted octanol–water partition coefficient (Wildman–Crippen LogP) is 5.31. The zero-order valence-electron chi connectivity index (χ0n) is 19.2. The van der Waals surface area contributed by atoms with Crippen LogP contribution in [-0.4, -0.2) is 54.5 Å². The lowest BCUT2D eigenvalue weighted by Crippen LogP contribution is -2.48. The van der Waals surface area contributed by atoms with Crippen molar-refractivity contribution >= 4 is 12.1 Å². The smallest absolute Gasteiger partial charge is 0.410 e. The number of hydrogen-bond acceptors (Lipinski definition) is 4. The fraction of sp³-hybridized carbons (Fsp3) is 0.481. The number of aliphatic carboxylic acids is 1. The van der Waals surface area contributed by atoms with Gasteiger partial charge in [-0.05, 0) is 47.9 Å². The number of benzene rings is 2. The van der Waals surface area contributed by atoms with Gasteiger partial charge >= 0.3 is 12.1 Å². The van der Waals surface area contributed by atoms with Gasteiger partial charge in [-0.3, -0.25) is 4.90 Å². The van der Waals surface area contributed by atoms with Gasteiger partial charge in [-0.15, -0.1) is 0 Å². The maximum Gasteiger partial charge on any atom is 0.410 e. The molecule has 0 heterocycles. The van der Waals surface area contributed by atoms with E-state index in [0.717, 1.165) is 35.1 Å². The van der Waals surface area contributed by atoms with E-state index in [1.165, 1.54) is 24.2 Å². The van der Waals surface area contributed by atoms with Crippen molar-refractivity contribution in [3.8, 4) is 11.1 Å². The number of ether oxygens (including phenoxy) is 2. The molecule has 0 bridgehead atoms. The second kappa shape index (κ2) is 10.8. The van der Waals surface area contributed by atoms with Crippen molar-refractivity contribution in [2.75, 3.05) is 26.4 Å². The third-order valence-corrected chi connectivity index (χ3v) is 6.93. The zero-order valence-corrected chi connectivity index (χ0v) is 19.2. The van der Waals surface area contributed by atoms with Gasteiger partial charge in [0, 0.05) is 19.1 Å². The Labute approximate surface area is 195 Å². The lowest BCUT2D eigenvalue weighted by Gasteiger charge is -2.28. The van der Waals surface area contributed by atoms with Crippen LogP contribution in [0.5, 0.6) is 0 Å². The summed E-state index contributed by atoms with van der Waals surface area (Å²) in [6.45, 7) is 2.69. The van der Waals surface area contributed by atoms with Crippen LogP contribution in [-0.2, 0) is 14.3 Å². The number of carboxylic acids is 1. The topological polar surface area (TPSA) is 76.1 Å². The van der Waals surface area contributed by atoms with Crippen molar-refractivity contribution in [3.63, 3.8) is 0 Å². The van der Waals surface area contributed by atoms with Crippen molar-refractivity contribution in [2.45, 2.75) is 51.0 Å². The number of carbonyl (C=O) groups is 2. The summed E-state index contributed by atoms with van der Waals surface area (Å²) in [4.78, 5) is 26.2. The summed E-state index contributed by atoms with van der Waals surface area (Å²) in [7, 11) is 0. The van der Waals surface area contributed by atoms with Crippen LogP contribution in [0.15, 0.2) is 48.5 Å². The Morgan fingerprint density at radius 3 is 2.15 bits per heavy atom. The molecule has 0 unspecified atom stereocenters. The Morgan fingerprint density at radius 1 is 0.970 bits per heavy atom. The third-order valence-electron chi connectivity index (χ3n) is 6.93. The fourth-order valence-corrected chi connectivity index (χ4v) is 5.15. The molecule has 2 aromatic carbocycles. The van der Waals surface area contributed by atoms with Gasteiger partial charge < -0.3 is 14.6 Å². The first kappa shape index (κ1) is 23.3. The highest BCUT2D eigenvalue weighted by molar-refractivity contribution is 5.81. The molecule has 33 heavy (non-hydrogen) atoms. The highest BCUT2D eigenvalue weighted by Crippen LogP contribution is 2.44. The number of carboxylic acid groups (broad SMARTS) is 1. The van der Waals surface area contributed by atoms with Crippen molar-refractivity contribution in [1.82, 2.24) is 4.90 Å². The van der Waals surface area contributed by atoms with Crippen LogP contribution in [0.1, 0.15) is 56.1 Å². The maximum absolute atomic E-state index is 13.0. The van der Waals surface area contributed by atoms with Crippen LogP contribution in [0.4, 0.5) is 4.79 Å². The van der Waals surface area contributed by atoms with Gasteiger partial charge in [0.2, 0.25) is 0 Å². The lowest BCUT2D eigenvalue weighted by atomic mass is 9.90. The maximum atomic E-state index is 13.0. The van der Waals surface area contributed by atoms with Gasteiger partial charge in [0.15, 0.2) is 6.04 Å². The second-order valence-electron chi connectivity index (χ2n) is 8.99. The molecule has 0 aromatic heterocycles. The minimum Gasteiger partial charge on any atom is -0.480 e. The van der Waals surface area contributed by atoms with Crippen LogP contribution in [0.2, 0.25) is 0 Å². The molecule has 1 saturated carbocycles. The summed E-state index contributed by atoms with van der Waals surface area (Å²) < 4.78 is 11.5. The van der Waals surface area contributed by atoms with E-state index in [1.807, 2.05) is 24.3 Å². The van der Waals surface area contributed by atoms with E-state index in [4.69, 9.17) is 9.47 Å². The Hall–Kier alpha value is -2.86. The number of likely N-dealkylation sites (N-methyl/N-ethyl adjacent to an activating group) is 1. The zero-order chi connectivity index (χ0) is 23.2. The normalized spacial score (nSPS) is 16.6. The first-order valence-electron chi connectivity index (χ1n) is 12.0. The largest absolute Gasteiger partial charge is 0.480 e. The predicted molar refractivity (Wildman–Crippen MR) is 126 cm³/mol. The minimum absolute atomic E-state index is 0.0239. The molecule has 2 aliphatic rings. The molecule has 0 spiro atoms. The lowest BCUT2D eigenvalue weighted by molar-refractivity contribution is -0.145. The van der Waals surface area contributed by atoms with Crippen LogP contribution in [0.25, 0.3) is 11.1 Å². The standard InChI is InChI=1S/C27H33NO5/c1-2-28(25(26(29)30)18-32-16-19-10-4-3-5-11-19)27(31)33-17-24-22-14-8-6-12-20(22)21-13-7-9-15-23(21)24/h6-9,12-15,19,24-25H,2-5,10-11,16-18H2,1H3,(H,29,30)/t25-/m0/s1. The van der Waals surface area contributed by atoms with Crippen LogP contribution in [0.3, 0.4) is 0 Å². The molecular weight excluding hydrogens is 418 g/mol. The minimum atomic E-state index is -1.07. The Balaban J connectivity index is 1.39. The molecule has 2 aliphatic carbocycles. The van der Waals surface area contributed by atoms with E-state index >= 15 is 0 Å². The highest BCUT2D eigenvalue weighted by atomic mass is 16.6. The molecule has 176 valence electrons. The van der Waals surface area contributed by atoms with Gasteiger partial charge in [-0.2, -0.15) is 0 Å². The van der Waals surface area contributed by atoms with Gasteiger partial charge in [0.1, 0.15) is 6.61 Å². The molecule has 1 fully saturated rings. The number of nitrogens with zero attached hydrogens (tertiary/aromatic N) is 1. The van der Waals surface area contributed by atoms with E-state index in [2.05, 4.69) is 24.3 Å². The summed E-state index contributed by atoms with van der Waals surface area (Å²) in [5.41, 5.74) is 4.56. The fourth-order valence-electron chi connectivity index (χ4n) is 5.15. The molecule has 1 amide bonds. The number of rotatable bonds is 9. The number of carbonyl (C=O) groups excluding carboxylic acids is 1. The average Bonchev–Trinajstić information content (AvgIpc) is 3.16. The Bertz CT molecular complexity index is 923. The molecule has 4 rings (SSSR count). The van der Waals surface area contributed by atoms with Crippen molar-refractivity contribution < 1.29 is 24.2 Å². The summed E-state index contributed by atoms with van der Waals surface area (Å²) in [6.07, 6.45) is 5.31. The number of fused-ring (bicyclic) bond motifs is 3. The van der Waals surface area contributed by atoms with Crippen molar-refractivity contribution in [3.05, 3.63) is 59.7 Å². The van der Waals surface area contributed by atoms with Crippen molar-refractivity contribution in [2.24, 2.45) is 5.92 Å². The second-order valence-corrected chi connectivity index (χ2v) is 8.99. The van der Waals surface area contributed by atoms with Gasteiger partial charge in [0.25, 0.3) is 0 Å². The number of hydrogen-bond donors (Lipinski definition) is 1. The third kappa shape index (κ3) is 5.22. The molecular formula is C27H33NO5. The monoisotopic (exact) mass is 451 g/mol. The van der Waals surface area contributed by atoms with E-state index in [1.54, 1.807) is 6.92 Å². The highest BCUT2D eigenvalue weighted by Gasteiger charge is 2.33. The number of amides is 1. The molecule has 0 radical (unpaired) electrons. The Kier molecular flexibility index (Phi) is 7.65. The molecule has 2 aromatic rings. The van der Waals surface area contributed by atoms with Crippen LogP contribution in [0, 0.1) is 5.92 Å². The molecule has 1 atom stereocenters. The van der Waals surface area contributed by atoms with Gasteiger partial charge in [-0.1, -0.05) is 67.8 Å². The van der Waals surface area contributed by atoms with E-state index in [9.17, 15) is 14.7 Å². The molecule has 6 nitrogen and oxygen atoms in total. The van der Waals surface area contributed by atoms with Crippen LogP contribution < -0.4 is 0 Å². The SMILES string of the molecule is CCN(C(=O)OCC1c2ccccc2-c2ccccc21)[C@@H](COCC1CCCCC1)C(=O)O. The summed E-state index contributed by atoms with van der Waals surface area (Å²) in [5.74, 6) is -0.655. The molecule has 1 N–H and O–H groups in total. The van der Waals surface area contributed by atoms with Gasteiger partial charge in [0.05, 0.1) is 6.61 Å². The Morgan fingerprint density at radius 2 is 1.58 bits per heavy atom. The van der Waals surface area contributed by atoms with E-state index < -0.39 is 18.1 Å². The van der Waals surface area contributed by atoms with E-state index in [0.29, 0.717) is 12.5 Å². The first-order chi connectivity index (χ1) is 16.1. The summed E-state index contributed by atoms with van der Waals surface area (Å²) >= 11 is 0. The molecule has 6 heteroatoms. The van der Waals surface area contributed by atoms with Crippen LogP contribution >= 0.6 is 0 Å². The molecule has 0 saturated heterocycles. The quantitative estimate of drug-likeness (QED) is 0.559. The average molecular weight is 452 g/mol.